The van der Waals surface area contributed by atoms with Crippen LogP contribution in [0.15, 0.2) is 4.21 Å². The molecule has 1 fully saturated rings. The van der Waals surface area contributed by atoms with Crippen molar-refractivity contribution < 1.29 is 8.42 Å². The maximum absolute atomic E-state index is 12.4. The molecule has 1 atom stereocenters. The number of rotatable bonds is 4. The van der Waals surface area contributed by atoms with Crippen molar-refractivity contribution in [3.8, 4) is 0 Å². The summed E-state index contributed by atoms with van der Waals surface area (Å²) in [5.41, 5.74) is 0.596. The van der Waals surface area contributed by atoms with E-state index in [9.17, 15) is 8.42 Å². The van der Waals surface area contributed by atoms with Crippen molar-refractivity contribution in [1.29, 1.82) is 0 Å². The molecule has 1 N–H and O–H groups in total. The normalized spacial score (nSPS) is 21.7. The Morgan fingerprint density at radius 2 is 2.21 bits per heavy atom. The molecular weight excluding hydrogens is 282 g/mol. The fraction of sp³-hybridized carbons (Fsp3) is 0.750. The van der Waals surface area contributed by atoms with Crippen molar-refractivity contribution in [2.75, 3.05) is 19.6 Å². The minimum Gasteiger partial charge on any atom is -0.302 e. The van der Waals surface area contributed by atoms with E-state index in [1.807, 2.05) is 6.92 Å². The van der Waals surface area contributed by atoms with E-state index in [4.69, 9.17) is 0 Å². The number of likely N-dealkylation sites (tertiary alicyclic amines) is 1. The molecule has 0 amide bonds. The van der Waals surface area contributed by atoms with Crippen LogP contribution in [0.5, 0.6) is 0 Å². The van der Waals surface area contributed by atoms with E-state index >= 15 is 0 Å². The van der Waals surface area contributed by atoms with Crippen LogP contribution in [0.25, 0.3) is 0 Å². The molecule has 19 heavy (non-hydrogen) atoms. The van der Waals surface area contributed by atoms with Crippen LogP contribution in [-0.2, 0) is 10.0 Å². The number of piperidine rings is 1. The summed E-state index contributed by atoms with van der Waals surface area (Å²) in [5, 5.41) is 0.789. The molecule has 0 spiro atoms. The summed E-state index contributed by atoms with van der Waals surface area (Å²) in [5.74, 6) is 0. The van der Waals surface area contributed by atoms with Gasteiger partial charge in [-0.15, -0.1) is 11.3 Å². The third kappa shape index (κ3) is 3.53. The predicted molar refractivity (Wildman–Crippen MR) is 77.0 cm³/mol. The topological polar surface area (TPSA) is 62.3 Å². The number of nitrogens with zero attached hydrogens (tertiary/aromatic N) is 2. The van der Waals surface area contributed by atoms with E-state index in [0.29, 0.717) is 9.90 Å². The number of likely N-dealkylation sites (N-methyl/N-ethyl adjacent to an activating group) is 1. The highest BCUT2D eigenvalue weighted by molar-refractivity contribution is 7.91. The zero-order valence-electron chi connectivity index (χ0n) is 11.6. The Bertz CT molecular complexity index is 539. The van der Waals surface area contributed by atoms with Gasteiger partial charge in [0.1, 0.15) is 0 Å². The molecular formula is C12H21N3O2S2. The fourth-order valence-corrected chi connectivity index (χ4v) is 5.24. The molecule has 0 unspecified atom stereocenters. The third-order valence-corrected chi connectivity index (χ3v) is 6.58. The van der Waals surface area contributed by atoms with Gasteiger partial charge in [0.05, 0.1) is 10.7 Å². The zero-order valence-corrected chi connectivity index (χ0v) is 13.3. The molecule has 5 nitrogen and oxygen atoms in total. The molecule has 1 aromatic heterocycles. The van der Waals surface area contributed by atoms with Crippen LogP contribution in [0.2, 0.25) is 0 Å². The van der Waals surface area contributed by atoms with Gasteiger partial charge in [0.2, 0.25) is 0 Å². The van der Waals surface area contributed by atoms with Gasteiger partial charge in [0, 0.05) is 12.6 Å². The molecule has 1 aromatic rings. The standard InChI is InChI=1S/C12H21N3O2S2/c1-4-15-7-5-6-11(8-15)14-19(16,17)12-9(2)13-10(3)18-12/h11,14H,4-8H2,1-3H3/t11-/m0/s1. The van der Waals surface area contributed by atoms with E-state index in [2.05, 4.69) is 21.5 Å². The largest absolute Gasteiger partial charge is 0.302 e. The number of thiazole rings is 1. The summed E-state index contributed by atoms with van der Waals surface area (Å²) in [6.45, 7) is 8.51. The summed E-state index contributed by atoms with van der Waals surface area (Å²) in [6, 6.07) is 0.0144. The molecule has 1 aliphatic rings. The maximum Gasteiger partial charge on any atom is 0.252 e. The summed E-state index contributed by atoms with van der Waals surface area (Å²) >= 11 is 1.24. The van der Waals surface area contributed by atoms with Gasteiger partial charge in [0.25, 0.3) is 10.0 Å². The number of hydrogen-bond acceptors (Lipinski definition) is 5. The molecule has 0 aromatic carbocycles. The lowest BCUT2D eigenvalue weighted by Gasteiger charge is -2.31. The minimum atomic E-state index is -3.42. The van der Waals surface area contributed by atoms with E-state index in [1.165, 1.54) is 11.3 Å². The Hall–Kier alpha value is -0.500. The fourth-order valence-electron chi connectivity index (χ4n) is 2.47. The maximum atomic E-state index is 12.4. The summed E-state index contributed by atoms with van der Waals surface area (Å²) in [6.07, 6.45) is 1.95. The predicted octanol–water partition coefficient (Wildman–Crippen LogP) is 1.52. The average molecular weight is 303 g/mol. The van der Waals surface area contributed by atoms with E-state index in [-0.39, 0.29) is 6.04 Å². The quantitative estimate of drug-likeness (QED) is 0.916. The Balaban J connectivity index is 2.11. The number of sulfonamides is 1. The lowest BCUT2D eigenvalue weighted by molar-refractivity contribution is 0.211. The van der Waals surface area contributed by atoms with Crippen LogP contribution in [-0.4, -0.2) is 44.0 Å². The molecule has 2 rings (SSSR count). The first kappa shape index (κ1) is 14.9. The molecule has 0 radical (unpaired) electrons. The van der Waals surface area contributed by atoms with Crippen molar-refractivity contribution in [2.45, 2.75) is 43.9 Å². The molecule has 108 valence electrons. The first-order chi connectivity index (χ1) is 8.92. The lowest BCUT2D eigenvalue weighted by Crippen LogP contribution is -2.47. The van der Waals surface area contributed by atoms with Gasteiger partial charge in [-0.1, -0.05) is 6.92 Å². The summed E-state index contributed by atoms with van der Waals surface area (Å²) in [4.78, 5) is 6.47. The molecule has 0 bridgehead atoms. The van der Waals surface area contributed by atoms with Crippen LogP contribution in [0.3, 0.4) is 0 Å². The molecule has 0 aliphatic carbocycles. The molecule has 1 aliphatic heterocycles. The number of aryl methyl sites for hydroxylation is 2. The van der Waals surface area contributed by atoms with Crippen LogP contribution >= 0.6 is 11.3 Å². The highest BCUT2D eigenvalue weighted by atomic mass is 32.2. The number of hydrogen-bond donors (Lipinski definition) is 1. The highest BCUT2D eigenvalue weighted by Crippen LogP contribution is 2.23. The molecule has 2 heterocycles. The smallest absolute Gasteiger partial charge is 0.252 e. The zero-order chi connectivity index (χ0) is 14.0. The van der Waals surface area contributed by atoms with Crippen LogP contribution in [0, 0.1) is 13.8 Å². The summed E-state index contributed by atoms with van der Waals surface area (Å²) < 4.78 is 27.9. The molecule has 7 heteroatoms. The molecule has 0 saturated carbocycles. The third-order valence-electron chi connectivity index (χ3n) is 3.38. The Morgan fingerprint density at radius 1 is 1.47 bits per heavy atom. The van der Waals surface area contributed by atoms with Crippen LogP contribution < -0.4 is 4.72 Å². The molecule has 1 saturated heterocycles. The lowest BCUT2D eigenvalue weighted by atomic mass is 10.1. The average Bonchev–Trinajstić information content (AvgIpc) is 2.69. The van der Waals surface area contributed by atoms with Gasteiger partial charge < -0.3 is 4.90 Å². The number of aromatic nitrogens is 1. The van der Waals surface area contributed by atoms with Gasteiger partial charge in [-0.2, -0.15) is 0 Å². The number of nitrogens with one attached hydrogen (secondary N) is 1. The van der Waals surface area contributed by atoms with Gasteiger partial charge in [-0.25, -0.2) is 18.1 Å². The van der Waals surface area contributed by atoms with Crippen molar-refractivity contribution in [3.05, 3.63) is 10.7 Å². The van der Waals surface area contributed by atoms with Crippen molar-refractivity contribution in [3.63, 3.8) is 0 Å². The SMILES string of the molecule is CCN1CCC[C@H](NS(=O)(=O)c2sc(C)nc2C)C1. The first-order valence-electron chi connectivity index (χ1n) is 6.61. The van der Waals surface area contributed by atoms with E-state index < -0.39 is 10.0 Å². The van der Waals surface area contributed by atoms with E-state index in [0.717, 1.165) is 37.5 Å². The highest BCUT2D eigenvalue weighted by Gasteiger charge is 2.27. The van der Waals surface area contributed by atoms with Gasteiger partial charge in [0.15, 0.2) is 4.21 Å². The second-order valence-corrected chi connectivity index (χ2v) is 8.07. The van der Waals surface area contributed by atoms with Crippen molar-refractivity contribution in [1.82, 2.24) is 14.6 Å². The Labute approximate surface area is 119 Å². The summed E-state index contributed by atoms with van der Waals surface area (Å²) in [7, 11) is -3.42. The van der Waals surface area contributed by atoms with Crippen LogP contribution in [0.4, 0.5) is 0 Å². The Morgan fingerprint density at radius 3 is 2.79 bits per heavy atom. The van der Waals surface area contributed by atoms with Gasteiger partial charge >= 0.3 is 0 Å². The minimum absolute atomic E-state index is 0.0144. The van der Waals surface area contributed by atoms with Crippen LogP contribution in [0.1, 0.15) is 30.5 Å². The first-order valence-corrected chi connectivity index (χ1v) is 8.91. The van der Waals surface area contributed by atoms with E-state index in [1.54, 1.807) is 6.92 Å². The monoisotopic (exact) mass is 303 g/mol. The van der Waals surface area contributed by atoms with Gasteiger partial charge in [-0.3, -0.25) is 0 Å². The Kier molecular flexibility index (Phi) is 4.60. The second kappa shape index (κ2) is 5.87. The van der Waals surface area contributed by atoms with Crippen molar-refractivity contribution in [2.24, 2.45) is 0 Å². The second-order valence-electron chi connectivity index (χ2n) is 4.96. The van der Waals surface area contributed by atoms with Gasteiger partial charge in [-0.05, 0) is 39.8 Å². The van der Waals surface area contributed by atoms with Crippen molar-refractivity contribution >= 4 is 21.4 Å².